The topological polar surface area (TPSA) is 40.5 Å². The van der Waals surface area contributed by atoms with Gasteiger partial charge in [0.05, 0.1) is 22.3 Å². The van der Waals surface area contributed by atoms with Gasteiger partial charge in [0.1, 0.15) is 5.76 Å². The molecule has 2 aliphatic rings. The largest absolute Gasteiger partial charge is 0.506 e. The van der Waals surface area contributed by atoms with Crippen LogP contribution >= 0.6 is 0 Å². The number of allylic oxidation sites excluding steroid dienone is 6. The molecule has 3 nitrogen and oxygen atoms in total. The summed E-state index contributed by atoms with van der Waals surface area (Å²) in [6.45, 7) is 17.2. The molecule has 1 heterocycles. The third kappa shape index (κ3) is 5.85. The van der Waals surface area contributed by atoms with Gasteiger partial charge >= 0.3 is 12.4 Å². The average molecular weight is 618 g/mol. The third-order valence-electron chi connectivity index (χ3n) is 8.79. The summed E-state index contributed by atoms with van der Waals surface area (Å²) in [6.07, 6.45) is -5.39. The van der Waals surface area contributed by atoms with E-state index >= 15 is 0 Å². The van der Waals surface area contributed by atoms with Gasteiger partial charge in [-0.1, -0.05) is 54.2 Å². The molecular formula is C35H37F6NO2. The fourth-order valence-electron chi connectivity index (χ4n) is 5.79. The lowest BCUT2D eigenvalue weighted by molar-refractivity contribution is -0.138. The smallest absolute Gasteiger partial charge is 0.416 e. The molecule has 2 aromatic carbocycles. The van der Waals surface area contributed by atoms with Crippen LogP contribution < -0.4 is 4.90 Å². The summed E-state index contributed by atoms with van der Waals surface area (Å²) in [5.41, 5.74) is -0.499. The van der Waals surface area contributed by atoms with E-state index in [1.807, 2.05) is 18.7 Å². The molecule has 0 fully saturated rings. The lowest BCUT2D eigenvalue weighted by atomic mass is 9.73. The number of hydrogen-bond acceptors (Lipinski definition) is 3. The van der Waals surface area contributed by atoms with Crippen LogP contribution in [-0.2, 0) is 28.0 Å². The molecule has 9 heteroatoms. The second-order valence-electron chi connectivity index (χ2n) is 13.0. The minimum Gasteiger partial charge on any atom is -0.506 e. The summed E-state index contributed by atoms with van der Waals surface area (Å²) >= 11 is 0. The van der Waals surface area contributed by atoms with Gasteiger partial charge in [-0.15, -0.1) is 0 Å². The van der Waals surface area contributed by atoms with Crippen LogP contribution in [0, 0.1) is 12.8 Å². The number of aliphatic hydroxyl groups is 1. The lowest BCUT2D eigenvalue weighted by Gasteiger charge is -2.31. The number of ketones is 1. The first kappa shape index (κ1) is 33.1. The van der Waals surface area contributed by atoms with E-state index in [2.05, 4.69) is 6.58 Å². The number of anilines is 1. The Labute approximate surface area is 254 Å². The van der Waals surface area contributed by atoms with Gasteiger partial charge in [-0.2, -0.15) is 26.3 Å². The van der Waals surface area contributed by atoms with Gasteiger partial charge in [-0.3, -0.25) is 4.79 Å². The van der Waals surface area contributed by atoms with Crippen molar-refractivity contribution in [2.24, 2.45) is 5.92 Å². The molecule has 0 saturated carbocycles. The second kappa shape index (κ2) is 11.0. The summed E-state index contributed by atoms with van der Waals surface area (Å²) in [5.74, 6) is -0.480. The van der Waals surface area contributed by atoms with Gasteiger partial charge in [-0.25, -0.2) is 0 Å². The zero-order valence-corrected chi connectivity index (χ0v) is 25.9. The van der Waals surface area contributed by atoms with Crippen LogP contribution in [0.4, 0.5) is 32.0 Å². The maximum atomic E-state index is 13.6. The van der Waals surface area contributed by atoms with Crippen molar-refractivity contribution in [3.8, 4) is 0 Å². The van der Waals surface area contributed by atoms with Gasteiger partial charge in [0.2, 0.25) is 5.78 Å². The molecule has 2 aromatic rings. The van der Waals surface area contributed by atoms with Gasteiger partial charge in [0.15, 0.2) is 0 Å². The number of Topliss-reactive ketones (excluding diaryl/α,β-unsaturated/α-hetero) is 1. The number of aliphatic hydroxyl groups excluding tert-OH is 1. The molecule has 44 heavy (non-hydrogen) atoms. The van der Waals surface area contributed by atoms with Crippen molar-refractivity contribution < 1.29 is 36.2 Å². The summed E-state index contributed by atoms with van der Waals surface area (Å²) in [7, 11) is 0. The lowest BCUT2D eigenvalue weighted by Crippen LogP contribution is -2.30. The van der Waals surface area contributed by atoms with Crippen LogP contribution in [0.2, 0.25) is 0 Å². The zero-order chi connectivity index (χ0) is 33.2. The highest BCUT2D eigenvalue weighted by Gasteiger charge is 2.44. The van der Waals surface area contributed by atoms with E-state index in [1.165, 1.54) is 24.3 Å². The van der Waals surface area contributed by atoms with E-state index in [0.29, 0.717) is 46.1 Å². The van der Waals surface area contributed by atoms with Gasteiger partial charge < -0.3 is 10.0 Å². The first-order chi connectivity index (χ1) is 20.1. The summed E-state index contributed by atoms with van der Waals surface area (Å²) in [5, 5.41) is 11.0. The van der Waals surface area contributed by atoms with Crippen molar-refractivity contribution in [1.82, 2.24) is 0 Å². The number of halogens is 6. The normalized spacial score (nSPS) is 18.9. The van der Waals surface area contributed by atoms with Crippen molar-refractivity contribution in [2.75, 3.05) is 11.4 Å². The number of alkyl halides is 6. The molecular weight excluding hydrogens is 580 g/mol. The summed E-state index contributed by atoms with van der Waals surface area (Å²) < 4.78 is 81.0. The Hall–Kier alpha value is -3.75. The predicted octanol–water partition coefficient (Wildman–Crippen LogP) is 9.92. The van der Waals surface area contributed by atoms with Crippen molar-refractivity contribution in [3.63, 3.8) is 0 Å². The molecule has 0 amide bonds. The summed E-state index contributed by atoms with van der Waals surface area (Å²) in [6, 6.07) is 7.11. The van der Waals surface area contributed by atoms with E-state index in [0.717, 1.165) is 30.7 Å². The Morgan fingerprint density at radius 1 is 1.00 bits per heavy atom. The Morgan fingerprint density at radius 2 is 1.57 bits per heavy atom. The van der Waals surface area contributed by atoms with Gasteiger partial charge in [0, 0.05) is 28.8 Å². The van der Waals surface area contributed by atoms with Crippen LogP contribution in [0.1, 0.15) is 75.8 Å². The monoisotopic (exact) mass is 617 g/mol. The molecule has 0 radical (unpaired) electrons. The number of benzene rings is 2. The standard InChI is InChI=1S/C35H37F6NO2/c1-19(2)13-14-42-28-12-11-23(35(39,40)41)17-27(28)33(7,8)29(42)18-25-30(43)24(31(25)44)15-21(4)32(5,6)26-16-22(34(36,37)38)10-9-20(26)3/h9-12,15-19,43H,4,13-14H2,1-3,5-8H3/b24-15-,29-18-. The molecule has 1 N–H and O–H groups in total. The molecule has 1 aliphatic heterocycles. The number of fused-ring (bicyclic) bond motifs is 1. The minimum absolute atomic E-state index is 0.0126. The van der Waals surface area contributed by atoms with Crippen LogP contribution in [0.3, 0.4) is 0 Å². The average Bonchev–Trinajstić information content (AvgIpc) is 3.12. The number of hydrogen-bond donors (Lipinski definition) is 1. The van der Waals surface area contributed by atoms with E-state index in [1.54, 1.807) is 34.6 Å². The molecule has 0 bridgehead atoms. The van der Waals surface area contributed by atoms with E-state index in [-0.39, 0.29) is 16.9 Å². The third-order valence-corrected chi connectivity index (χ3v) is 8.79. The number of nitrogens with zero attached hydrogens (tertiary/aromatic N) is 1. The number of carbonyl (C=O) groups excluding carboxylic acids is 1. The quantitative estimate of drug-likeness (QED) is 0.248. The van der Waals surface area contributed by atoms with Crippen LogP contribution in [0.25, 0.3) is 0 Å². The van der Waals surface area contributed by atoms with Gasteiger partial charge in [0.25, 0.3) is 0 Å². The molecule has 1 aliphatic carbocycles. The molecule has 236 valence electrons. The van der Waals surface area contributed by atoms with Crippen LogP contribution in [-0.4, -0.2) is 17.4 Å². The summed E-state index contributed by atoms with van der Waals surface area (Å²) in [4.78, 5) is 15.3. The zero-order valence-electron chi connectivity index (χ0n) is 25.9. The maximum Gasteiger partial charge on any atom is 0.416 e. The van der Waals surface area contributed by atoms with Crippen LogP contribution in [0.15, 0.2) is 83.3 Å². The van der Waals surface area contributed by atoms with Crippen molar-refractivity contribution >= 4 is 11.5 Å². The SMILES string of the molecule is C=C(/C=C1\C(=O)C(/C=C2\N(CCC(C)C)c3ccc(C(F)(F)F)cc3C2(C)C)=C1O)C(C)(C)c1cc(C(F)(F)F)ccc1C. The van der Waals surface area contributed by atoms with E-state index < -0.39 is 40.1 Å². The highest BCUT2D eigenvalue weighted by molar-refractivity contribution is 6.21. The molecule has 0 atom stereocenters. The maximum absolute atomic E-state index is 13.6. The Balaban J connectivity index is 1.74. The Bertz CT molecular complexity index is 1620. The molecule has 0 aromatic heterocycles. The minimum atomic E-state index is -4.53. The molecule has 0 saturated heterocycles. The van der Waals surface area contributed by atoms with E-state index in [9.17, 15) is 36.2 Å². The van der Waals surface area contributed by atoms with Gasteiger partial charge in [-0.05, 0) is 84.0 Å². The molecule has 0 spiro atoms. The first-order valence-corrected chi connectivity index (χ1v) is 14.4. The van der Waals surface area contributed by atoms with Crippen molar-refractivity contribution in [2.45, 2.75) is 78.1 Å². The number of carbonyl (C=O) groups is 1. The fourth-order valence-corrected chi connectivity index (χ4v) is 5.79. The van der Waals surface area contributed by atoms with Crippen molar-refractivity contribution in [3.05, 3.63) is 111 Å². The molecule has 4 rings (SSSR count). The number of aryl methyl sites for hydroxylation is 1. The highest BCUT2D eigenvalue weighted by atomic mass is 19.4. The molecule has 0 unspecified atom stereocenters. The fraction of sp³-hybridized carbons (Fsp3) is 0.400. The van der Waals surface area contributed by atoms with Crippen molar-refractivity contribution in [1.29, 1.82) is 0 Å². The predicted molar refractivity (Wildman–Crippen MR) is 160 cm³/mol. The Morgan fingerprint density at radius 3 is 2.11 bits per heavy atom. The van der Waals surface area contributed by atoms with E-state index in [4.69, 9.17) is 0 Å². The second-order valence-corrected chi connectivity index (χ2v) is 13.0. The Kier molecular flexibility index (Phi) is 8.29. The highest BCUT2D eigenvalue weighted by Crippen LogP contribution is 2.51. The van der Waals surface area contributed by atoms with Crippen LogP contribution in [0.5, 0.6) is 0 Å². The first-order valence-electron chi connectivity index (χ1n) is 14.4. The number of rotatable bonds is 7.